The molecule has 0 saturated heterocycles. The zero-order valence-electron chi connectivity index (χ0n) is 35.5. The summed E-state index contributed by atoms with van der Waals surface area (Å²) >= 11 is 3.75. The Kier molecular flexibility index (Phi) is 7.57. The van der Waals surface area contributed by atoms with Gasteiger partial charge in [0.1, 0.15) is 0 Å². The van der Waals surface area contributed by atoms with E-state index in [9.17, 15) is 0 Å². The van der Waals surface area contributed by atoms with E-state index in [1.54, 1.807) is 0 Å². The smallest absolute Gasteiger partial charge is 0.0541 e. The number of para-hydroxylation sites is 4. The van der Waals surface area contributed by atoms with Gasteiger partial charge in [0.05, 0.1) is 22.1 Å². The molecule has 66 heavy (non-hydrogen) atoms. The minimum absolute atomic E-state index is 1.15. The second kappa shape index (κ2) is 13.7. The fourth-order valence-electron chi connectivity index (χ4n) is 11.3. The number of nitrogens with zero attached hydrogens (tertiary/aromatic N) is 2. The van der Waals surface area contributed by atoms with Gasteiger partial charge in [-0.1, -0.05) is 133 Å². The Balaban J connectivity index is 1.11. The Morgan fingerprint density at radius 2 is 0.561 bits per heavy atom. The van der Waals surface area contributed by atoms with Crippen molar-refractivity contribution in [3.05, 3.63) is 218 Å². The van der Waals surface area contributed by atoms with Crippen molar-refractivity contribution < 1.29 is 0 Å². The van der Waals surface area contributed by atoms with Crippen LogP contribution in [-0.4, -0.2) is 9.13 Å². The monoisotopic (exact) mass is 872 g/mol. The van der Waals surface area contributed by atoms with Crippen LogP contribution in [0.3, 0.4) is 0 Å². The number of hydrogen-bond acceptors (Lipinski definition) is 2. The van der Waals surface area contributed by atoms with E-state index in [0.717, 1.165) is 11.4 Å². The average Bonchev–Trinajstić information content (AvgIpc) is 4.13. The molecular formula is C62H36N2S2. The van der Waals surface area contributed by atoms with Gasteiger partial charge in [0.15, 0.2) is 0 Å². The summed E-state index contributed by atoms with van der Waals surface area (Å²) in [6.07, 6.45) is 0. The summed E-state index contributed by atoms with van der Waals surface area (Å²) in [5.74, 6) is 0. The molecule has 0 N–H and O–H groups in total. The van der Waals surface area contributed by atoms with Crippen molar-refractivity contribution in [1.82, 2.24) is 9.13 Å². The van der Waals surface area contributed by atoms with Gasteiger partial charge in [-0.15, -0.1) is 22.7 Å². The topological polar surface area (TPSA) is 9.86 Å². The molecule has 0 amide bonds. The van der Waals surface area contributed by atoms with Crippen molar-refractivity contribution in [2.24, 2.45) is 0 Å². The van der Waals surface area contributed by atoms with E-state index in [4.69, 9.17) is 0 Å². The van der Waals surface area contributed by atoms with E-state index in [-0.39, 0.29) is 0 Å². The summed E-state index contributed by atoms with van der Waals surface area (Å²) < 4.78 is 10.2. The Morgan fingerprint density at radius 3 is 0.955 bits per heavy atom. The highest BCUT2D eigenvalue weighted by Gasteiger charge is 2.22. The SMILES string of the molecule is c1ccc2c(c1)sc1ccc(-c3c4ccc(-n5c6ccccc6c6ccccc65)cc4c(-c4ccc5sc6ccccc6c5c4)c4ccc(-n5c6ccccc6c6ccccc65)cc34)cc12. The summed E-state index contributed by atoms with van der Waals surface area (Å²) in [6.45, 7) is 0. The normalized spacial score (nSPS) is 12.2. The Hall–Kier alpha value is -8.02. The maximum Gasteiger partial charge on any atom is 0.0541 e. The molecule has 0 aliphatic rings. The Morgan fingerprint density at radius 1 is 0.227 bits per heavy atom. The van der Waals surface area contributed by atoms with Crippen molar-refractivity contribution in [2.75, 3.05) is 0 Å². The maximum absolute atomic E-state index is 2.47. The lowest BCUT2D eigenvalue weighted by Gasteiger charge is -2.21. The second-order valence-electron chi connectivity index (χ2n) is 17.6. The van der Waals surface area contributed by atoms with Crippen LogP contribution >= 0.6 is 22.7 Å². The van der Waals surface area contributed by atoms with E-state index in [2.05, 4.69) is 228 Å². The first-order valence-electron chi connectivity index (χ1n) is 22.6. The minimum atomic E-state index is 1.15. The van der Waals surface area contributed by atoms with E-state index < -0.39 is 0 Å². The fourth-order valence-corrected chi connectivity index (χ4v) is 13.4. The highest BCUT2D eigenvalue weighted by molar-refractivity contribution is 7.26. The number of rotatable bonds is 4. The summed E-state index contributed by atoms with van der Waals surface area (Å²) in [7, 11) is 0. The predicted octanol–water partition coefficient (Wildman–Crippen LogP) is 18.3. The van der Waals surface area contributed by atoms with Crippen LogP contribution in [0.4, 0.5) is 0 Å². The molecule has 15 rings (SSSR count). The summed E-state index contributed by atoms with van der Waals surface area (Å²) in [5, 5.41) is 15.2. The first kappa shape index (κ1) is 36.3. The molecule has 0 bridgehead atoms. The van der Waals surface area contributed by atoms with Gasteiger partial charge >= 0.3 is 0 Å². The van der Waals surface area contributed by atoms with Crippen molar-refractivity contribution >= 4 is 128 Å². The number of hydrogen-bond donors (Lipinski definition) is 0. The molecule has 0 spiro atoms. The molecule has 0 aliphatic carbocycles. The van der Waals surface area contributed by atoms with Crippen LogP contribution in [0.2, 0.25) is 0 Å². The van der Waals surface area contributed by atoms with Gasteiger partial charge in [0, 0.05) is 73.3 Å². The van der Waals surface area contributed by atoms with Gasteiger partial charge in [0.2, 0.25) is 0 Å². The zero-order chi connectivity index (χ0) is 43.0. The molecule has 4 aromatic heterocycles. The molecule has 0 unspecified atom stereocenters. The van der Waals surface area contributed by atoms with Gasteiger partial charge < -0.3 is 9.13 Å². The molecule has 0 fully saturated rings. The van der Waals surface area contributed by atoms with Gasteiger partial charge in [-0.05, 0) is 129 Å². The lowest BCUT2D eigenvalue weighted by molar-refractivity contribution is 1.18. The standard InChI is InChI=1S/C62H36N2S2/c1-7-19-53-41(13-1)42-14-2-8-20-54(42)63(53)39-27-29-47-51(35-39)61(37-25-31-59-49(33-37)45-17-5-11-23-57(45)65-59)48-30-28-40(64-55-21-9-3-15-43(55)44-16-4-10-22-56(44)64)36-52(48)62(47)38-26-32-60-50(34-38)46-18-6-12-24-58(46)66-60/h1-36H. The van der Waals surface area contributed by atoms with Gasteiger partial charge in [-0.2, -0.15) is 0 Å². The zero-order valence-corrected chi connectivity index (χ0v) is 37.1. The third-order valence-corrected chi connectivity index (χ3v) is 16.4. The Bertz CT molecular complexity index is 4140. The van der Waals surface area contributed by atoms with Crippen LogP contribution in [0.15, 0.2) is 218 Å². The molecule has 0 atom stereocenters. The molecule has 306 valence electrons. The van der Waals surface area contributed by atoms with Crippen molar-refractivity contribution in [3.8, 4) is 33.6 Å². The molecule has 4 heterocycles. The van der Waals surface area contributed by atoms with Gasteiger partial charge in [0.25, 0.3) is 0 Å². The predicted molar refractivity (Wildman–Crippen MR) is 287 cm³/mol. The fraction of sp³-hybridized carbons (Fsp3) is 0. The summed E-state index contributed by atoms with van der Waals surface area (Å²) in [4.78, 5) is 0. The lowest BCUT2D eigenvalue weighted by Crippen LogP contribution is -1.98. The van der Waals surface area contributed by atoms with Crippen LogP contribution < -0.4 is 0 Å². The van der Waals surface area contributed by atoms with Crippen molar-refractivity contribution in [1.29, 1.82) is 0 Å². The van der Waals surface area contributed by atoms with Crippen LogP contribution in [0.1, 0.15) is 0 Å². The highest BCUT2D eigenvalue weighted by Crippen LogP contribution is 2.49. The molecular weight excluding hydrogens is 837 g/mol. The lowest BCUT2D eigenvalue weighted by atomic mass is 9.85. The first-order valence-corrected chi connectivity index (χ1v) is 24.2. The average molecular weight is 873 g/mol. The van der Waals surface area contributed by atoms with Crippen molar-refractivity contribution in [2.45, 2.75) is 0 Å². The van der Waals surface area contributed by atoms with Gasteiger partial charge in [-0.25, -0.2) is 0 Å². The quantitative estimate of drug-likeness (QED) is 0.156. The third kappa shape index (κ3) is 5.11. The molecule has 4 heteroatoms. The van der Waals surface area contributed by atoms with E-state index in [0.29, 0.717) is 0 Å². The summed E-state index contributed by atoms with van der Waals surface area (Å²) in [6, 6.07) is 81.8. The molecule has 0 saturated carbocycles. The maximum atomic E-state index is 2.47. The van der Waals surface area contributed by atoms with Crippen LogP contribution in [0, 0.1) is 0 Å². The Labute approximate surface area is 387 Å². The van der Waals surface area contributed by atoms with Crippen molar-refractivity contribution in [3.63, 3.8) is 0 Å². The number of fused-ring (bicyclic) bond motifs is 14. The molecule has 2 nitrogen and oxygen atoms in total. The molecule has 15 aromatic rings. The largest absolute Gasteiger partial charge is 0.309 e. The number of benzene rings is 11. The highest BCUT2D eigenvalue weighted by atomic mass is 32.1. The first-order chi connectivity index (χ1) is 32.7. The van der Waals surface area contributed by atoms with E-state index >= 15 is 0 Å². The summed E-state index contributed by atoms with van der Waals surface area (Å²) in [5.41, 5.74) is 12.1. The molecule has 0 aliphatic heterocycles. The third-order valence-electron chi connectivity index (χ3n) is 14.1. The van der Waals surface area contributed by atoms with E-state index in [1.165, 1.54) is 128 Å². The van der Waals surface area contributed by atoms with Gasteiger partial charge in [-0.3, -0.25) is 0 Å². The van der Waals surface area contributed by atoms with Crippen LogP contribution in [0.25, 0.3) is 139 Å². The molecule has 0 radical (unpaired) electrons. The number of aromatic nitrogens is 2. The second-order valence-corrected chi connectivity index (χ2v) is 19.7. The molecule has 11 aromatic carbocycles. The minimum Gasteiger partial charge on any atom is -0.309 e. The van der Waals surface area contributed by atoms with Crippen LogP contribution in [0.5, 0.6) is 0 Å². The van der Waals surface area contributed by atoms with Crippen LogP contribution in [-0.2, 0) is 0 Å². The number of thiophene rings is 2. The van der Waals surface area contributed by atoms with E-state index in [1.807, 2.05) is 22.7 Å².